The van der Waals surface area contributed by atoms with Gasteiger partial charge in [0.2, 0.25) is 0 Å². The molecule has 0 saturated heterocycles. The summed E-state index contributed by atoms with van der Waals surface area (Å²) in [4.78, 5) is 0. The van der Waals surface area contributed by atoms with Crippen LogP contribution >= 0.6 is 0 Å². The van der Waals surface area contributed by atoms with Gasteiger partial charge in [0, 0.05) is 24.5 Å². The summed E-state index contributed by atoms with van der Waals surface area (Å²) in [7, 11) is 0. The predicted molar refractivity (Wildman–Crippen MR) is 117 cm³/mol. The van der Waals surface area contributed by atoms with Crippen LogP contribution in [-0.2, 0) is 25.6 Å². The molecule has 2 unspecified atom stereocenters. The van der Waals surface area contributed by atoms with Crippen molar-refractivity contribution in [1.29, 1.82) is 0 Å². The molecule has 1 aliphatic carbocycles. The normalized spacial score (nSPS) is 20.6. The molecule has 1 aromatic heterocycles. The van der Waals surface area contributed by atoms with Gasteiger partial charge in [-0.05, 0) is 60.1 Å². The smallest absolute Gasteiger partial charge is 0.343 e. The topological polar surface area (TPSA) is 17.0 Å². The Morgan fingerprint density at radius 2 is 1.53 bits per heavy atom. The van der Waals surface area contributed by atoms with E-state index in [1.807, 2.05) is 34.9 Å². The van der Waals surface area contributed by atoms with Crippen molar-refractivity contribution in [2.24, 2.45) is 0 Å². The van der Waals surface area contributed by atoms with Gasteiger partial charge in [-0.2, -0.15) is 26.3 Å². The lowest BCUT2D eigenvalue weighted by Crippen LogP contribution is -2.41. The summed E-state index contributed by atoms with van der Waals surface area (Å²) in [5.74, 6) is -1.68. The number of benzene rings is 2. The first kappa shape index (κ1) is 23.0. The van der Waals surface area contributed by atoms with Gasteiger partial charge in [-0.25, -0.2) is 0 Å². The van der Waals surface area contributed by atoms with Crippen LogP contribution in [0.4, 0.5) is 26.3 Å². The van der Waals surface area contributed by atoms with Gasteiger partial charge in [0.15, 0.2) is 0 Å². The van der Waals surface area contributed by atoms with E-state index in [1.165, 1.54) is 12.1 Å². The Labute approximate surface area is 193 Å². The third-order valence-electron chi connectivity index (χ3n) is 6.95. The van der Waals surface area contributed by atoms with Crippen LogP contribution in [0.5, 0.6) is 0 Å². The van der Waals surface area contributed by atoms with E-state index in [0.717, 1.165) is 41.8 Å². The highest BCUT2D eigenvalue weighted by atomic mass is 19.4. The van der Waals surface area contributed by atoms with Crippen LogP contribution in [0.2, 0.25) is 0 Å². The van der Waals surface area contributed by atoms with Crippen molar-refractivity contribution in [2.45, 2.75) is 56.5 Å². The largest absolute Gasteiger partial charge is 0.416 e. The zero-order chi connectivity index (χ0) is 24.1. The molecule has 2 atom stereocenters. The van der Waals surface area contributed by atoms with Crippen molar-refractivity contribution >= 4 is 0 Å². The first-order valence-electron chi connectivity index (χ1n) is 11.4. The number of rotatable bonds is 3. The van der Waals surface area contributed by atoms with Crippen molar-refractivity contribution in [3.63, 3.8) is 0 Å². The molecule has 2 heterocycles. The van der Waals surface area contributed by atoms with Crippen LogP contribution in [0.25, 0.3) is 0 Å². The lowest BCUT2D eigenvalue weighted by atomic mass is 9.83. The molecule has 8 heteroatoms. The van der Waals surface area contributed by atoms with Crippen LogP contribution in [0.15, 0.2) is 54.6 Å². The van der Waals surface area contributed by atoms with E-state index < -0.39 is 29.9 Å². The molecule has 180 valence electrons. The fourth-order valence-electron chi connectivity index (χ4n) is 5.42. The Hall–Kier alpha value is -2.74. The van der Waals surface area contributed by atoms with E-state index >= 15 is 0 Å². The first-order chi connectivity index (χ1) is 16.1. The molecule has 2 nitrogen and oxygen atoms in total. The number of aromatic nitrogens is 1. The molecule has 1 aliphatic heterocycles. The second kappa shape index (κ2) is 8.48. The molecule has 0 fully saturated rings. The van der Waals surface area contributed by atoms with Crippen LogP contribution in [0, 0.1) is 0 Å². The summed E-state index contributed by atoms with van der Waals surface area (Å²) in [6.45, 7) is 0.0185. The minimum atomic E-state index is -4.47. The standard InChI is InChI=1S/C26H24F6N2/c27-25(28,29)18-12-10-17(11-13-18)23-22-19-8-4-5-9-21(19)34(15-16-6-2-1-3-7-16)24(22)20(14-33-23)26(30,31)32/h1-3,6-7,10-13,20,23,33H,4-5,8-9,14-15H2. The molecule has 3 aromatic rings. The van der Waals surface area contributed by atoms with E-state index in [1.54, 1.807) is 0 Å². The summed E-state index contributed by atoms with van der Waals surface area (Å²) in [6.07, 6.45) is -5.77. The SMILES string of the molecule is FC(F)(F)c1ccc(C2NCC(C(F)(F)F)c3c2c2c(n3Cc3ccccc3)CCCC2)cc1. The number of nitrogens with zero attached hydrogens (tertiary/aromatic N) is 1. The van der Waals surface area contributed by atoms with Crippen molar-refractivity contribution in [2.75, 3.05) is 6.54 Å². The third-order valence-corrected chi connectivity index (χ3v) is 6.95. The van der Waals surface area contributed by atoms with E-state index in [2.05, 4.69) is 5.32 Å². The number of nitrogens with one attached hydrogen (secondary N) is 1. The van der Waals surface area contributed by atoms with E-state index in [9.17, 15) is 26.3 Å². The van der Waals surface area contributed by atoms with Crippen LogP contribution in [0.3, 0.4) is 0 Å². The number of halogens is 6. The van der Waals surface area contributed by atoms with Crippen molar-refractivity contribution < 1.29 is 26.3 Å². The molecule has 1 N–H and O–H groups in total. The maximum Gasteiger partial charge on any atom is 0.416 e. The number of alkyl halides is 6. The third kappa shape index (κ3) is 4.13. The quantitative estimate of drug-likeness (QED) is 0.411. The van der Waals surface area contributed by atoms with Gasteiger partial charge in [-0.1, -0.05) is 42.5 Å². The van der Waals surface area contributed by atoms with Gasteiger partial charge < -0.3 is 9.88 Å². The molecule has 0 amide bonds. The van der Waals surface area contributed by atoms with Gasteiger partial charge in [0.05, 0.1) is 11.6 Å². The van der Waals surface area contributed by atoms with E-state index in [0.29, 0.717) is 30.5 Å². The lowest BCUT2D eigenvalue weighted by molar-refractivity contribution is -0.152. The molecule has 0 spiro atoms. The number of hydrogen-bond donors (Lipinski definition) is 1. The van der Waals surface area contributed by atoms with Gasteiger partial charge >= 0.3 is 12.4 Å². The average Bonchev–Trinajstić information content (AvgIpc) is 3.12. The van der Waals surface area contributed by atoms with Crippen LogP contribution in [0.1, 0.15) is 64.0 Å². The average molecular weight is 478 g/mol. The van der Waals surface area contributed by atoms with Gasteiger partial charge in [-0.3, -0.25) is 0 Å². The minimum absolute atomic E-state index is 0.256. The zero-order valence-electron chi connectivity index (χ0n) is 18.3. The maximum absolute atomic E-state index is 14.2. The summed E-state index contributed by atoms with van der Waals surface area (Å²) in [6, 6.07) is 13.6. The van der Waals surface area contributed by atoms with Gasteiger partial charge in [0.1, 0.15) is 5.92 Å². The summed E-state index contributed by atoms with van der Waals surface area (Å²) in [5.41, 5.74) is 3.38. The summed E-state index contributed by atoms with van der Waals surface area (Å²) >= 11 is 0. The molecular formula is C26H24F6N2. The molecule has 5 rings (SSSR count). The number of fused-ring (bicyclic) bond motifs is 3. The Bertz CT molecular complexity index is 1160. The Morgan fingerprint density at radius 3 is 2.18 bits per heavy atom. The highest BCUT2D eigenvalue weighted by Gasteiger charge is 2.48. The lowest BCUT2D eigenvalue weighted by Gasteiger charge is -2.34. The summed E-state index contributed by atoms with van der Waals surface area (Å²) in [5, 5.41) is 3.02. The van der Waals surface area contributed by atoms with E-state index in [-0.39, 0.29) is 12.2 Å². The molecular weight excluding hydrogens is 454 g/mol. The second-order valence-corrected chi connectivity index (χ2v) is 9.06. The number of hydrogen-bond acceptors (Lipinski definition) is 1. The van der Waals surface area contributed by atoms with Crippen molar-refractivity contribution in [3.05, 3.63) is 93.8 Å². The van der Waals surface area contributed by atoms with Crippen LogP contribution < -0.4 is 5.32 Å². The summed E-state index contributed by atoms with van der Waals surface area (Å²) < 4.78 is 83.8. The van der Waals surface area contributed by atoms with Crippen LogP contribution in [-0.4, -0.2) is 17.3 Å². The first-order valence-corrected chi connectivity index (χ1v) is 11.4. The Balaban J connectivity index is 1.67. The van der Waals surface area contributed by atoms with Crippen molar-refractivity contribution in [3.8, 4) is 0 Å². The Morgan fingerprint density at radius 1 is 0.853 bits per heavy atom. The minimum Gasteiger partial charge on any atom is -0.343 e. The van der Waals surface area contributed by atoms with Gasteiger partial charge in [0.25, 0.3) is 0 Å². The molecule has 2 aromatic carbocycles. The maximum atomic E-state index is 14.2. The monoisotopic (exact) mass is 478 g/mol. The molecule has 34 heavy (non-hydrogen) atoms. The fourth-order valence-corrected chi connectivity index (χ4v) is 5.42. The molecule has 0 bridgehead atoms. The molecule has 2 aliphatic rings. The zero-order valence-corrected chi connectivity index (χ0v) is 18.3. The highest BCUT2D eigenvalue weighted by Crippen LogP contribution is 2.47. The second-order valence-electron chi connectivity index (χ2n) is 9.06. The Kier molecular flexibility index (Phi) is 5.74. The molecule has 0 saturated carbocycles. The van der Waals surface area contributed by atoms with Gasteiger partial charge in [-0.15, -0.1) is 0 Å². The van der Waals surface area contributed by atoms with E-state index in [4.69, 9.17) is 0 Å². The highest BCUT2D eigenvalue weighted by molar-refractivity contribution is 5.50. The van der Waals surface area contributed by atoms with Crippen molar-refractivity contribution in [1.82, 2.24) is 9.88 Å². The fraction of sp³-hybridized carbons (Fsp3) is 0.385. The molecule has 0 radical (unpaired) electrons. The predicted octanol–water partition coefficient (Wildman–Crippen LogP) is 6.77.